The maximum absolute atomic E-state index is 9.62. The minimum Gasteiger partial charge on any atom is -0.693 e. The molecule has 5 N–H and O–H groups in total. The molecule has 0 saturated heterocycles. The van der Waals surface area contributed by atoms with E-state index in [1.54, 1.807) is 0 Å². The van der Waals surface area contributed by atoms with Gasteiger partial charge in [-0.2, -0.15) is 0 Å². The molecular formula is H5BFNO3Zn. The molecule has 0 aliphatic heterocycles. The van der Waals surface area contributed by atoms with Crippen LogP contribution in [0.5, 0.6) is 0 Å². The van der Waals surface area contributed by atoms with Crippen LogP contribution in [-0.4, -0.2) is 22.4 Å². The van der Waals surface area contributed by atoms with Crippen LogP contribution in [0.1, 0.15) is 0 Å². The Hall–Kier alpha value is 0.458. The summed E-state index contributed by atoms with van der Waals surface area (Å²) in [5.74, 6) is 0. The topological polar surface area (TPSA) is 94.2 Å². The summed E-state index contributed by atoms with van der Waals surface area (Å²) >= 11 is -0.125. The van der Waals surface area contributed by atoms with Gasteiger partial charge < -0.3 is 21.2 Å². The predicted octanol–water partition coefficient (Wildman–Crippen LogP) is -0.917. The Balaban J connectivity index is -0.0000000480. The van der Waals surface area contributed by atoms with Crippen molar-refractivity contribution in [2.24, 2.45) is 0 Å². The Morgan fingerprint density at radius 2 is 1.14 bits per heavy atom. The molecule has 0 heterocycles. The van der Waals surface area contributed by atoms with Gasteiger partial charge in [0.2, 0.25) is 0 Å². The number of nitrogens with two attached hydrogens (primary N) is 1. The standard InChI is InChI=1S/BH3O3.FH.H2N.Zn/c2-1(3)4;;;/h2-4H;1H;1H2;/q;;-1;+2/p-1. The van der Waals surface area contributed by atoms with Crippen molar-refractivity contribution < 1.29 is 37.2 Å². The van der Waals surface area contributed by atoms with E-state index in [0.29, 0.717) is 0 Å². The summed E-state index contributed by atoms with van der Waals surface area (Å²) in [6.07, 6.45) is 0. The maximum Gasteiger partial charge on any atom is -0.693 e. The third kappa shape index (κ3) is 611. The van der Waals surface area contributed by atoms with E-state index in [2.05, 4.69) is 0 Å². The summed E-state index contributed by atoms with van der Waals surface area (Å²) in [4.78, 5) is 0. The van der Waals surface area contributed by atoms with Crippen molar-refractivity contribution in [2.75, 3.05) is 0 Å². The SMILES string of the molecule is OB(O)O.[F][Zn+].[NH2-]. The Morgan fingerprint density at radius 1 is 1.14 bits per heavy atom. The molecule has 0 unspecified atom stereocenters. The number of hydrogen-bond acceptors (Lipinski definition) is 3. The molecule has 0 amide bonds. The van der Waals surface area contributed by atoms with Gasteiger partial charge in [0.1, 0.15) is 0 Å². The fraction of sp³-hybridized carbons (Fsp3) is 0. The Bertz CT molecular complexity index is 19.7. The van der Waals surface area contributed by atoms with E-state index < -0.39 is 7.32 Å². The summed E-state index contributed by atoms with van der Waals surface area (Å²) in [6.45, 7) is 0. The normalized spacial score (nSPS) is 4.86. The Labute approximate surface area is 51.4 Å². The molecule has 7 heavy (non-hydrogen) atoms. The van der Waals surface area contributed by atoms with Crippen molar-refractivity contribution in [1.82, 2.24) is 0 Å². The van der Waals surface area contributed by atoms with E-state index in [9.17, 15) is 3.32 Å². The first kappa shape index (κ1) is 15.7. The van der Waals surface area contributed by atoms with Gasteiger partial charge in [0.05, 0.1) is 0 Å². The van der Waals surface area contributed by atoms with Crippen LogP contribution >= 0.6 is 0 Å². The van der Waals surface area contributed by atoms with E-state index in [-0.39, 0.29) is 25.0 Å². The van der Waals surface area contributed by atoms with Crippen LogP contribution < -0.4 is 0 Å². The number of halogens is 1. The van der Waals surface area contributed by atoms with Gasteiger partial charge in [-0.05, 0) is 0 Å². The van der Waals surface area contributed by atoms with Crippen molar-refractivity contribution in [3.63, 3.8) is 0 Å². The van der Waals surface area contributed by atoms with Crippen molar-refractivity contribution in [2.45, 2.75) is 0 Å². The Morgan fingerprint density at radius 3 is 1.14 bits per heavy atom. The van der Waals surface area contributed by atoms with E-state index in [0.717, 1.165) is 0 Å². The number of rotatable bonds is 0. The largest absolute Gasteiger partial charge is 0.693 e. The predicted molar refractivity (Wildman–Crippen MR) is 18.8 cm³/mol. The van der Waals surface area contributed by atoms with E-state index in [4.69, 9.17) is 15.1 Å². The first-order valence-corrected chi connectivity index (χ1v) is 2.16. The summed E-state index contributed by atoms with van der Waals surface area (Å²) < 4.78 is 9.62. The molecule has 0 aromatic rings. The van der Waals surface area contributed by atoms with Crippen LogP contribution in [0.4, 0.5) is 3.32 Å². The van der Waals surface area contributed by atoms with Gasteiger partial charge in [0.25, 0.3) is 0 Å². The second-order valence-corrected chi connectivity index (χ2v) is 0.346. The Kier molecular flexibility index (Phi) is 36.0. The van der Waals surface area contributed by atoms with Gasteiger partial charge in [-0.3, -0.25) is 0 Å². The van der Waals surface area contributed by atoms with Crippen molar-refractivity contribution in [3.05, 3.63) is 6.15 Å². The fourth-order valence-corrected chi connectivity index (χ4v) is 0. The van der Waals surface area contributed by atoms with Gasteiger partial charge in [0.15, 0.2) is 0 Å². The van der Waals surface area contributed by atoms with Crippen molar-refractivity contribution >= 4 is 7.32 Å². The molecule has 0 bridgehead atoms. The second-order valence-electron chi connectivity index (χ2n) is 0.346. The smallest absolute Gasteiger partial charge is 0.693 e. The van der Waals surface area contributed by atoms with E-state index >= 15 is 0 Å². The average Bonchev–Trinajstić information content (AvgIpc) is 1.41. The van der Waals surface area contributed by atoms with Gasteiger partial charge in [0, 0.05) is 0 Å². The molecule has 0 aromatic heterocycles. The fourth-order valence-electron chi connectivity index (χ4n) is 0. The van der Waals surface area contributed by atoms with Gasteiger partial charge >= 0.3 is 29.4 Å². The third-order valence-corrected chi connectivity index (χ3v) is 0. The van der Waals surface area contributed by atoms with Crippen LogP contribution in [0, 0.1) is 0 Å². The quantitative estimate of drug-likeness (QED) is 0.402. The molecule has 7 heteroatoms. The van der Waals surface area contributed by atoms with E-state index in [1.807, 2.05) is 0 Å². The molecule has 0 radical (unpaired) electrons. The first-order chi connectivity index (χ1) is 2.73. The maximum atomic E-state index is 9.62. The molecule has 0 fully saturated rings. The zero-order valence-corrected chi connectivity index (χ0v) is 6.55. The molecular weight excluding hydrogens is 157 g/mol. The molecule has 0 atom stereocenters. The molecule has 0 spiro atoms. The van der Waals surface area contributed by atoms with Gasteiger partial charge in [-0.15, -0.1) is 0 Å². The van der Waals surface area contributed by atoms with Crippen LogP contribution in [-0.2, 0) is 18.8 Å². The van der Waals surface area contributed by atoms with Crippen molar-refractivity contribution in [3.8, 4) is 0 Å². The minimum atomic E-state index is -2.17. The zero-order valence-electron chi connectivity index (χ0n) is 3.58. The monoisotopic (exact) mass is 161 g/mol. The molecule has 0 aliphatic carbocycles. The van der Waals surface area contributed by atoms with Crippen LogP contribution in [0.2, 0.25) is 0 Å². The zero-order chi connectivity index (χ0) is 5.58. The third-order valence-electron chi connectivity index (χ3n) is 0. The summed E-state index contributed by atoms with van der Waals surface area (Å²) in [5.41, 5.74) is 0. The molecule has 0 saturated carbocycles. The molecule has 0 aliphatic rings. The van der Waals surface area contributed by atoms with Crippen LogP contribution in [0.15, 0.2) is 0 Å². The van der Waals surface area contributed by atoms with Crippen LogP contribution in [0.3, 0.4) is 0 Å². The summed E-state index contributed by atoms with van der Waals surface area (Å²) in [7, 11) is -2.17. The average molecular weight is 162 g/mol. The summed E-state index contributed by atoms with van der Waals surface area (Å²) in [5, 5.41) is 21.5. The summed E-state index contributed by atoms with van der Waals surface area (Å²) in [6, 6.07) is 0. The first-order valence-electron chi connectivity index (χ1n) is 1.04. The molecule has 0 rings (SSSR count). The molecule has 4 nitrogen and oxygen atoms in total. The van der Waals surface area contributed by atoms with Gasteiger partial charge in [-0.25, -0.2) is 0 Å². The molecule has 0 aromatic carbocycles. The van der Waals surface area contributed by atoms with E-state index in [1.165, 1.54) is 0 Å². The molecule has 40 valence electrons. The number of hydrogen-bond donors (Lipinski definition) is 3. The second kappa shape index (κ2) is 16.1. The van der Waals surface area contributed by atoms with Crippen LogP contribution in [0.25, 0.3) is 6.15 Å². The minimum absolute atomic E-state index is 0. The van der Waals surface area contributed by atoms with Gasteiger partial charge in [-0.1, -0.05) is 0 Å². The van der Waals surface area contributed by atoms with Crippen molar-refractivity contribution in [1.29, 1.82) is 0 Å².